The Morgan fingerprint density at radius 2 is 1.74 bits per heavy atom. The number of rotatable bonds is 10. The lowest BCUT2D eigenvalue weighted by molar-refractivity contribution is -0.140. The Balaban J connectivity index is 2.13. The molecule has 0 radical (unpaired) electrons. The van der Waals surface area contributed by atoms with Crippen LogP contribution in [0.4, 0.5) is 0 Å². The molecule has 0 bridgehead atoms. The minimum Gasteiger partial charge on any atom is -0.469 e. The van der Waals surface area contributed by atoms with Crippen molar-refractivity contribution in [2.75, 3.05) is 26.8 Å². The van der Waals surface area contributed by atoms with E-state index in [1.165, 1.54) is 11.9 Å². The molecule has 0 aliphatic rings. The number of hydrogen-bond acceptors (Lipinski definition) is 6. The quantitative estimate of drug-likeness (QED) is 0.314. The van der Waals surface area contributed by atoms with Gasteiger partial charge in [0.25, 0.3) is 5.91 Å². The van der Waals surface area contributed by atoms with Crippen LogP contribution in [0.15, 0.2) is 36.7 Å². The largest absolute Gasteiger partial charge is 0.469 e. The zero-order chi connectivity index (χ0) is 23.1. The highest BCUT2D eigenvalue weighted by atomic mass is 28.4. The first-order valence-corrected chi connectivity index (χ1v) is 13.4. The number of nitrogens with zero attached hydrogens (tertiary/aromatic N) is 4. The van der Waals surface area contributed by atoms with Crippen molar-refractivity contribution in [2.24, 2.45) is 0 Å². The molecule has 0 unspecified atom stereocenters. The predicted octanol–water partition coefficient (Wildman–Crippen LogP) is 3.68. The second-order valence-electron chi connectivity index (χ2n) is 8.92. The van der Waals surface area contributed by atoms with Crippen LogP contribution in [-0.4, -0.2) is 66.9 Å². The molecule has 2 aromatic rings. The van der Waals surface area contributed by atoms with Gasteiger partial charge >= 0.3 is 5.97 Å². The van der Waals surface area contributed by atoms with Crippen molar-refractivity contribution in [3.8, 4) is 5.69 Å². The van der Waals surface area contributed by atoms with Gasteiger partial charge in [0.05, 0.1) is 37.2 Å². The lowest BCUT2D eigenvalue weighted by Gasteiger charge is -2.36. The number of carbonyl (C=O) groups is 2. The molecule has 170 valence electrons. The van der Waals surface area contributed by atoms with Crippen LogP contribution in [0.2, 0.25) is 18.1 Å². The summed E-state index contributed by atoms with van der Waals surface area (Å²) in [7, 11) is -0.505. The van der Waals surface area contributed by atoms with E-state index in [2.05, 4.69) is 44.1 Å². The normalized spacial score (nSPS) is 11.9. The van der Waals surface area contributed by atoms with Crippen LogP contribution in [0, 0.1) is 0 Å². The Hall–Kier alpha value is -2.52. The molecule has 2 rings (SSSR count). The van der Waals surface area contributed by atoms with Crippen molar-refractivity contribution in [3.05, 3.63) is 42.2 Å². The molecule has 1 amide bonds. The van der Waals surface area contributed by atoms with Gasteiger partial charge in [-0.15, -0.1) is 0 Å². The van der Waals surface area contributed by atoms with Crippen LogP contribution in [-0.2, 0) is 14.0 Å². The van der Waals surface area contributed by atoms with E-state index >= 15 is 0 Å². The van der Waals surface area contributed by atoms with E-state index in [4.69, 9.17) is 9.16 Å². The summed E-state index contributed by atoms with van der Waals surface area (Å²) in [6, 6.07) is 7.19. The van der Waals surface area contributed by atoms with E-state index < -0.39 is 8.32 Å². The fourth-order valence-corrected chi connectivity index (χ4v) is 3.87. The fraction of sp³-hybridized carbons (Fsp3) is 0.545. The number of amides is 1. The second kappa shape index (κ2) is 10.7. The molecule has 0 aliphatic carbocycles. The molecule has 0 atom stereocenters. The SMILES string of the molecule is COC(=O)CCN(CCCO[Si](C)(C)C(C)(C)C)C(=O)c1ccccc1-n1nccn1. The van der Waals surface area contributed by atoms with Gasteiger partial charge in [0, 0.05) is 19.7 Å². The van der Waals surface area contributed by atoms with Gasteiger partial charge in [-0.05, 0) is 36.7 Å². The predicted molar refractivity (Wildman–Crippen MR) is 122 cm³/mol. The lowest BCUT2D eigenvalue weighted by Crippen LogP contribution is -2.41. The number of para-hydroxylation sites is 1. The maximum atomic E-state index is 13.4. The maximum Gasteiger partial charge on any atom is 0.307 e. The van der Waals surface area contributed by atoms with Crippen LogP contribution >= 0.6 is 0 Å². The zero-order valence-electron chi connectivity index (χ0n) is 19.4. The van der Waals surface area contributed by atoms with Gasteiger partial charge < -0.3 is 14.1 Å². The van der Waals surface area contributed by atoms with E-state index in [1.807, 2.05) is 6.07 Å². The molecular formula is C22H34N4O4Si. The molecule has 0 saturated heterocycles. The molecule has 0 saturated carbocycles. The first-order valence-electron chi connectivity index (χ1n) is 10.5. The van der Waals surface area contributed by atoms with Gasteiger partial charge in [-0.2, -0.15) is 15.0 Å². The Morgan fingerprint density at radius 3 is 2.35 bits per heavy atom. The standard InChI is InChI=1S/C22H34N4O4Si/c1-22(2,3)31(5,6)30-17-9-15-25(16-12-20(27)29-4)21(28)18-10-7-8-11-19(18)26-23-13-14-24-26/h7-8,10-11,13-14H,9,12,15-17H2,1-6H3. The van der Waals surface area contributed by atoms with Crippen LogP contribution in [0.5, 0.6) is 0 Å². The average molecular weight is 447 g/mol. The highest BCUT2D eigenvalue weighted by Crippen LogP contribution is 2.36. The topological polar surface area (TPSA) is 86.5 Å². The number of esters is 1. The molecule has 9 heteroatoms. The van der Waals surface area contributed by atoms with E-state index in [0.717, 1.165) is 0 Å². The van der Waals surface area contributed by atoms with Gasteiger partial charge in [-0.1, -0.05) is 32.9 Å². The van der Waals surface area contributed by atoms with Gasteiger partial charge in [-0.25, -0.2) is 0 Å². The molecule has 0 fully saturated rings. The van der Waals surface area contributed by atoms with E-state index in [9.17, 15) is 9.59 Å². The monoisotopic (exact) mass is 446 g/mol. The third kappa shape index (κ3) is 6.73. The summed E-state index contributed by atoms with van der Waals surface area (Å²) in [6.07, 6.45) is 3.94. The third-order valence-corrected chi connectivity index (χ3v) is 10.2. The van der Waals surface area contributed by atoms with Gasteiger partial charge in [-0.3, -0.25) is 9.59 Å². The zero-order valence-corrected chi connectivity index (χ0v) is 20.4. The van der Waals surface area contributed by atoms with Gasteiger partial charge in [0.15, 0.2) is 8.32 Å². The number of ether oxygens (including phenoxy) is 1. The number of benzene rings is 1. The molecule has 31 heavy (non-hydrogen) atoms. The summed E-state index contributed by atoms with van der Waals surface area (Å²) in [5.74, 6) is -0.526. The smallest absolute Gasteiger partial charge is 0.307 e. The molecule has 0 aliphatic heterocycles. The summed E-state index contributed by atoms with van der Waals surface area (Å²) < 4.78 is 11.0. The molecule has 1 heterocycles. The maximum absolute atomic E-state index is 13.4. The molecule has 0 spiro atoms. The van der Waals surface area contributed by atoms with Crippen LogP contribution in [0.1, 0.15) is 44.0 Å². The molecule has 0 N–H and O–H groups in total. The molecule has 1 aromatic carbocycles. The summed E-state index contributed by atoms with van der Waals surface area (Å²) >= 11 is 0. The van der Waals surface area contributed by atoms with Gasteiger partial charge in [0.2, 0.25) is 0 Å². The first-order chi connectivity index (χ1) is 14.6. The van der Waals surface area contributed by atoms with Crippen molar-refractivity contribution in [2.45, 2.75) is 51.7 Å². The van der Waals surface area contributed by atoms with Crippen molar-refractivity contribution in [3.63, 3.8) is 0 Å². The van der Waals surface area contributed by atoms with Crippen molar-refractivity contribution >= 4 is 20.2 Å². The molecule has 8 nitrogen and oxygen atoms in total. The minimum atomic E-state index is -1.85. The highest BCUT2D eigenvalue weighted by Gasteiger charge is 2.36. The Bertz CT molecular complexity index is 863. The summed E-state index contributed by atoms with van der Waals surface area (Å²) in [5.41, 5.74) is 1.08. The van der Waals surface area contributed by atoms with Crippen LogP contribution < -0.4 is 0 Å². The van der Waals surface area contributed by atoms with Crippen LogP contribution in [0.3, 0.4) is 0 Å². The number of aromatic nitrogens is 3. The summed E-state index contributed by atoms with van der Waals surface area (Å²) in [6.45, 7) is 12.3. The number of carbonyl (C=O) groups excluding carboxylic acids is 2. The van der Waals surface area contributed by atoms with Crippen LogP contribution in [0.25, 0.3) is 5.69 Å². The van der Waals surface area contributed by atoms with Gasteiger partial charge in [0.1, 0.15) is 0 Å². The lowest BCUT2D eigenvalue weighted by atomic mass is 10.1. The Kier molecular flexibility index (Phi) is 8.52. The number of hydrogen-bond donors (Lipinski definition) is 0. The Labute approximate surface area is 185 Å². The highest BCUT2D eigenvalue weighted by molar-refractivity contribution is 6.74. The van der Waals surface area contributed by atoms with E-state index in [-0.39, 0.29) is 29.9 Å². The summed E-state index contributed by atoms with van der Waals surface area (Å²) in [4.78, 5) is 28.2. The Morgan fingerprint density at radius 1 is 1.10 bits per heavy atom. The average Bonchev–Trinajstić information content (AvgIpc) is 3.26. The fourth-order valence-electron chi connectivity index (χ4n) is 2.78. The number of methoxy groups -OCH3 is 1. The molecular weight excluding hydrogens is 412 g/mol. The summed E-state index contributed by atoms with van der Waals surface area (Å²) in [5, 5.41) is 8.42. The second-order valence-corrected chi connectivity index (χ2v) is 13.7. The van der Waals surface area contributed by atoms with Crippen molar-refractivity contribution < 1.29 is 18.8 Å². The van der Waals surface area contributed by atoms with E-state index in [0.29, 0.717) is 30.8 Å². The third-order valence-electron chi connectivity index (χ3n) is 5.71. The molecule has 1 aromatic heterocycles. The van der Waals surface area contributed by atoms with Crippen molar-refractivity contribution in [1.82, 2.24) is 19.9 Å². The van der Waals surface area contributed by atoms with Crippen molar-refractivity contribution in [1.29, 1.82) is 0 Å². The minimum absolute atomic E-state index is 0.128. The first kappa shape index (κ1) is 24.7. The van der Waals surface area contributed by atoms with E-state index in [1.54, 1.807) is 35.5 Å².